The zero-order chi connectivity index (χ0) is 23.8. The molecule has 0 aromatic heterocycles. The SMILES string of the molecule is C[C@@H](OC(=O)[C@H](Cc1ccccc1)NC(=O)c1ccccc1)C(=O)Nc1cc(Cl)cc(Cl)c1. The molecule has 0 saturated carbocycles. The number of rotatable bonds is 8. The Labute approximate surface area is 201 Å². The highest BCUT2D eigenvalue weighted by atomic mass is 35.5. The molecule has 0 radical (unpaired) electrons. The van der Waals surface area contributed by atoms with E-state index in [2.05, 4.69) is 10.6 Å². The minimum atomic E-state index is -1.12. The molecule has 2 atom stereocenters. The van der Waals surface area contributed by atoms with Gasteiger partial charge in [-0.3, -0.25) is 9.59 Å². The molecule has 33 heavy (non-hydrogen) atoms. The Balaban J connectivity index is 1.70. The number of halogens is 2. The van der Waals surface area contributed by atoms with Crippen LogP contribution in [0.1, 0.15) is 22.8 Å². The van der Waals surface area contributed by atoms with Crippen LogP contribution in [0.3, 0.4) is 0 Å². The van der Waals surface area contributed by atoms with Crippen molar-refractivity contribution < 1.29 is 19.1 Å². The fourth-order valence-electron chi connectivity index (χ4n) is 3.05. The minimum absolute atomic E-state index is 0.205. The molecular weight excluding hydrogens is 463 g/mol. The summed E-state index contributed by atoms with van der Waals surface area (Å²) in [5, 5.41) is 6.03. The third-order valence-electron chi connectivity index (χ3n) is 4.70. The number of carbonyl (C=O) groups excluding carboxylic acids is 3. The molecule has 0 spiro atoms. The largest absolute Gasteiger partial charge is 0.451 e. The molecule has 3 aromatic carbocycles. The molecule has 0 fully saturated rings. The van der Waals surface area contributed by atoms with Crippen molar-refractivity contribution in [3.8, 4) is 0 Å². The predicted molar refractivity (Wildman–Crippen MR) is 128 cm³/mol. The van der Waals surface area contributed by atoms with Crippen molar-refractivity contribution in [2.75, 3.05) is 5.32 Å². The number of carbonyl (C=O) groups is 3. The number of benzene rings is 3. The number of nitrogens with one attached hydrogen (secondary N) is 2. The monoisotopic (exact) mass is 484 g/mol. The maximum Gasteiger partial charge on any atom is 0.329 e. The quantitative estimate of drug-likeness (QED) is 0.445. The molecule has 170 valence electrons. The van der Waals surface area contributed by atoms with Crippen molar-refractivity contribution in [1.29, 1.82) is 0 Å². The molecule has 0 aliphatic rings. The van der Waals surface area contributed by atoms with Gasteiger partial charge in [-0.05, 0) is 42.8 Å². The van der Waals surface area contributed by atoms with Gasteiger partial charge in [0.25, 0.3) is 11.8 Å². The van der Waals surface area contributed by atoms with Gasteiger partial charge in [-0.1, -0.05) is 71.7 Å². The fourth-order valence-corrected chi connectivity index (χ4v) is 3.58. The van der Waals surface area contributed by atoms with Gasteiger partial charge >= 0.3 is 5.97 Å². The summed E-state index contributed by atoms with van der Waals surface area (Å²) < 4.78 is 5.38. The van der Waals surface area contributed by atoms with Crippen LogP contribution in [0.2, 0.25) is 10.0 Å². The molecule has 8 heteroatoms. The average molecular weight is 485 g/mol. The van der Waals surface area contributed by atoms with Crippen LogP contribution in [0.15, 0.2) is 78.9 Å². The fraction of sp³-hybridized carbons (Fsp3) is 0.160. The normalized spacial score (nSPS) is 12.3. The van der Waals surface area contributed by atoms with Gasteiger partial charge in [-0.2, -0.15) is 0 Å². The number of hydrogen-bond acceptors (Lipinski definition) is 4. The topological polar surface area (TPSA) is 84.5 Å². The third-order valence-corrected chi connectivity index (χ3v) is 5.14. The molecule has 0 bridgehead atoms. The summed E-state index contributed by atoms with van der Waals surface area (Å²) in [6, 6.07) is 21.3. The van der Waals surface area contributed by atoms with Gasteiger partial charge in [0, 0.05) is 27.7 Å². The van der Waals surface area contributed by atoms with Crippen molar-refractivity contribution >= 4 is 46.7 Å². The third kappa shape index (κ3) is 7.34. The first-order chi connectivity index (χ1) is 15.8. The highest BCUT2D eigenvalue weighted by Gasteiger charge is 2.27. The minimum Gasteiger partial charge on any atom is -0.451 e. The molecule has 2 amide bonds. The van der Waals surface area contributed by atoms with E-state index in [4.69, 9.17) is 27.9 Å². The van der Waals surface area contributed by atoms with E-state index in [-0.39, 0.29) is 6.42 Å². The van der Waals surface area contributed by atoms with Gasteiger partial charge < -0.3 is 15.4 Å². The lowest BCUT2D eigenvalue weighted by molar-refractivity contribution is -0.155. The molecule has 0 heterocycles. The van der Waals surface area contributed by atoms with E-state index in [0.717, 1.165) is 5.56 Å². The Morgan fingerprint density at radius 1 is 0.879 bits per heavy atom. The zero-order valence-corrected chi connectivity index (χ0v) is 19.3. The van der Waals surface area contributed by atoms with Crippen LogP contribution in [0.4, 0.5) is 5.69 Å². The van der Waals surface area contributed by atoms with Gasteiger partial charge in [0.1, 0.15) is 6.04 Å². The molecule has 6 nitrogen and oxygen atoms in total. The van der Waals surface area contributed by atoms with E-state index in [1.54, 1.807) is 30.3 Å². The summed E-state index contributed by atoms with van der Waals surface area (Å²) in [5.74, 6) is -1.71. The Kier molecular flexibility index (Phi) is 8.46. The van der Waals surface area contributed by atoms with Crippen molar-refractivity contribution in [3.63, 3.8) is 0 Å². The van der Waals surface area contributed by atoms with Crippen molar-refractivity contribution in [2.45, 2.75) is 25.5 Å². The smallest absolute Gasteiger partial charge is 0.329 e. The molecule has 2 N–H and O–H groups in total. The zero-order valence-electron chi connectivity index (χ0n) is 17.8. The summed E-state index contributed by atoms with van der Waals surface area (Å²) >= 11 is 11.9. The second-order valence-electron chi connectivity index (χ2n) is 7.31. The van der Waals surface area contributed by atoms with Crippen LogP contribution >= 0.6 is 23.2 Å². The van der Waals surface area contributed by atoms with Gasteiger partial charge in [0.15, 0.2) is 6.10 Å². The molecule has 0 saturated heterocycles. The number of anilines is 1. The summed E-state index contributed by atoms with van der Waals surface area (Å²) in [5.41, 5.74) is 1.61. The molecule has 3 rings (SSSR count). The van der Waals surface area contributed by atoms with Crippen molar-refractivity contribution in [1.82, 2.24) is 5.32 Å². The van der Waals surface area contributed by atoms with Crippen LogP contribution in [0, 0.1) is 0 Å². The van der Waals surface area contributed by atoms with Gasteiger partial charge in [0.2, 0.25) is 0 Å². The summed E-state index contributed by atoms with van der Waals surface area (Å²) in [6.07, 6.45) is -0.918. The maximum atomic E-state index is 12.9. The first-order valence-electron chi connectivity index (χ1n) is 10.2. The molecular formula is C25H22Cl2N2O4. The van der Waals surface area contributed by atoms with Gasteiger partial charge in [-0.15, -0.1) is 0 Å². The molecule has 0 unspecified atom stereocenters. The Bertz CT molecular complexity index is 1100. The lowest BCUT2D eigenvalue weighted by Gasteiger charge is -2.21. The summed E-state index contributed by atoms with van der Waals surface area (Å²) in [7, 11) is 0. The standard InChI is InChI=1S/C25H22Cl2N2O4/c1-16(23(30)28-21-14-19(26)13-20(27)15-21)33-25(32)22(12-17-8-4-2-5-9-17)29-24(31)18-10-6-3-7-11-18/h2-11,13-16,22H,12H2,1H3,(H,28,30)(H,29,31)/t16-,22+/m1/s1. The number of amides is 2. The van der Waals surface area contributed by atoms with Crippen LogP contribution in [-0.4, -0.2) is 29.9 Å². The predicted octanol–water partition coefficient (Wildman–Crippen LogP) is 4.90. The van der Waals surface area contributed by atoms with E-state index < -0.39 is 29.9 Å². The number of ether oxygens (including phenoxy) is 1. The first kappa shape index (κ1) is 24.3. The van der Waals surface area contributed by atoms with E-state index in [9.17, 15) is 14.4 Å². The van der Waals surface area contributed by atoms with E-state index in [1.165, 1.54) is 25.1 Å². The highest BCUT2D eigenvalue weighted by Crippen LogP contribution is 2.22. The van der Waals surface area contributed by atoms with Crippen LogP contribution in [0.5, 0.6) is 0 Å². The second-order valence-corrected chi connectivity index (χ2v) is 8.18. The van der Waals surface area contributed by atoms with E-state index in [1.807, 2.05) is 30.3 Å². The van der Waals surface area contributed by atoms with Crippen LogP contribution < -0.4 is 10.6 Å². The molecule has 0 aliphatic heterocycles. The van der Waals surface area contributed by atoms with Gasteiger partial charge in [0.05, 0.1) is 0 Å². The van der Waals surface area contributed by atoms with E-state index >= 15 is 0 Å². The van der Waals surface area contributed by atoms with Crippen LogP contribution in [-0.2, 0) is 20.7 Å². The Morgan fingerprint density at radius 2 is 1.45 bits per heavy atom. The van der Waals surface area contributed by atoms with Crippen molar-refractivity contribution in [3.05, 3.63) is 100 Å². The average Bonchev–Trinajstić information content (AvgIpc) is 2.79. The summed E-state index contributed by atoms with van der Waals surface area (Å²) in [4.78, 5) is 38.1. The van der Waals surface area contributed by atoms with Crippen LogP contribution in [0.25, 0.3) is 0 Å². The Morgan fingerprint density at radius 3 is 2.06 bits per heavy atom. The van der Waals surface area contributed by atoms with Crippen molar-refractivity contribution in [2.24, 2.45) is 0 Å². The van der Waals surface area contributed by atoms with Gasteiger partial charge in [-0.25, -0.2) is 4.79 Å². The lowest BCUT2D eigenvalue weighted by Crippen LogP contribution is -2.45. The lowest BCUT2D eigenvalue weighted by atomic mass is 10.1. The highest BCUT2D eigenvalue weighted by molar-refractivity contribution is 6.35. The number of hydrogen-bond donors (Lipinski definition) is 2. The van der Waals surface area contributed by atoms with E-state index in [0.29, 0.717) is 21.3 Å². The second kappa shape index (κ2) is 11.5. The maximum absolute atomic E-state index is 12.9. The number of esters is 1. The Hall–Kier alpha value is -3.35. The molecule has 3 aromatic rings. The molecule has 0 aliphatic carbocycles. The first-order valence-corrected chi connectivity index (χ1v) is 10.9. The summed E-state index contributed by atoms with van der Waals surface area (Å²) in [6.45, 7) is 1.44.